The highest BCUT2D eigenvalue weighted by atomic mass is 16.5. The van der Waals surface area contributed by atoms with Crippen LogP contribution < -0.4 is 9.47 Å². The smallest absolute Gasteiger partial charge is 0.213 e. The second-order valence-electron chi connectivity index (χ2n) is 9.75. The van der Waals surface area contributed by atoms with Crippen molar-refractivity contribution in [2.24, 2.45) is 5.92 Å². The van der Waals surface area contributed by atoms with Gasteiger partial charge in [0.2, 0.25) is 5.88 Å². The van der Waals surface area contributed by atoms with Crippen LogP contribution in [0.15, 0.2) is 60.8 Å². The van der Waals surface area contributed by atoms with Crippen molar-refractivity contribution in [3.05, 3.63) is 77.5 Å². The molecule has 0 aliphatic carbocycles. The Morgan fingerprint density at radius 1 is 1.11 bits per heavy atom. The Balaban J connectivity index is 1.41. The summed E-state index contributed by atoms with van der Waals surface area (Å²) < 4.78 is 12.4. The van der Waals surface area contributed by atoms with Gasteiger partial charge in [0.15, 0.2) is 6.10 Å². The van der Waals surface area contributed by atoms with Gasteiger partial charge in [0, 0.05) is 41.5 Å². The molecule has 2 aliphatic heterocycles. The normalized spacial score (nSPS) is 20.9. The molecule has 5 rings (SSSR count). The van der Waals surface area contributed by atoms with Gasteiger partial charge in [-0.3, -0.25) is 4.90 Å². The summed E-state index contributed by atoms with van der Waals surface area (Å²) in [6.45, 7) is 9.36. The molecule has 6 nitrogen and oxygen atoms in total. The monoisotopic (exact) mass is 472 g/mol. The number of likely N-dealkylation sites (tertiary alicyclic amines) is 1. The first-order valence-corrected chi connectivity index (χ1v) is 12.2. The number of hydrogen-bond acceptors (Lipinski definition) is 6. The van der Waals surface area contributed by atoms with Crippen LogP contribution in [0.2, 0.25) is 0 Å². The average molecular weight is 473 g/mol. The average Bonchev–Trinajstić information content (AvgIpc) is 3.29. The maximum atomic E-state index is 10.1. The van der Waals surface area contributed by atoms with Gasteiger partial charge in [0.05, 0.1) is 0 Å². The highest BCUT2D eigenvalue weighted by Gasteiger charge is 2.30. The summed E-state index contributed by atoms with van der Waals surface area (Å²) in [6.07, 6.45) is 2.63. The van der Waals surface area contributed by atoms with Crippen LogP contribution in [0.5, 0.6) is 23.1 Å². The number of aromatic nitrogens is 1. The molecule has 1 unspecified atom stereocenters. The predicted molar refractivity (Wildman–Crippen MR) is 137 cm³/mol. The number of fused-ring (bicyclic) bond motifs is 1. The SMILES string of the molecule is CC1=C(c2cccc(O)c2)C(c2ccc(OC[C@H](C)N3CC[C@@H](C)C3)nc2)Oc2ccc(O)cc21. The van der Waals surface area contributed by atoms with Crippen molar-refractivity contribution in [2.75, 3.05) is 19.7 Å². The minimum absolute atomic E-state index is 0.182. The lowest BCUT2D eigenvalue weighted by Gasteiger charge is -2.31. The summed E-state index contributed by atoms with van der Waals surface area (Å²) in [5, 5.41) is 20.2. The first kappa shape index (κ1) is 23.2. The Morgan fingerprint density at radius 3 is 2.66 bits per heavy atom. The largest absolute Gasteiger partial charge is 0.508 e. The van der Waals surface area contributed by atoms with E-state index in [1.165, 1.54) is 6.42 Å². The molecule has 2 aromatic carbocycles. The number of nitrogens with zero attached hydrogens (tertiary/aromatic N) is 2. The highest BCUT2D eigenvalue weighted by Crippen LogP contribution is 2.47. The Hall–Kier alpha value is -3.51. The van der Waals surface area contributed by atoms with Gasteiger partial charge in [-0.2, -0.15) is 0 Å². The van der Waals surface area contributed by atoms with Gasteiger partial charge in [0.1, 0.15) is 23.9 Å². The molecule has 3 aromatic rings. The zero-order chi connectivity index (χ0) is 24.5. The van der Waals surface area contributed by atoms with Crippen LogP contribution in [0.25, 0.3) is 11.1 Å². The van der Waals surface area contributed by atoms with Crippen molar-refractivity contribution in [1.82, 2.24) is 9.88 Å². The second-order valence-corrected chi connectivity index (χ2v) is 9.75. The first-order chi connectivity index (χ1) is 16.9. The summed E-state index contributed by atoms with van der Waals surface area (Å²) in [5.74, 6) is 2.40. The molecule has 35 heavy (non-hydrogen) atoms. The molecule has 1 fully saturated rings. The highest BCUT2D eigenvalue weighted by molar-refractivity contribution is 5.95. The van der Waals surface area contributed by atoms with E-state index in [4.69, 9.17) is 9.47 Å². The number of allylic oxidation sites excluding steroid dienone is 1. The standard InChI is InChI=1S/C29H32N2O4/c1-18-11-12-31(16-18)19(2)17-34-27-10-7-22(15-30-27)29-28(21-5-4-6-23(32)13-21)20(3)25-14-24(33)8-9-26(25)35-29/h4-10,13-15,18-19,29,32-33H,11-12,16-17H2,1-3H3/t18-,19+,29?/m1/s1. The van der Waals surface area contributed by atoms with Crippen LogP contribution in [0.4, 0.5) is 0 Å². The number of benzene rings is 2. The van der Waals surface area contributed by atoms with Gasteiger partial charge in [-0.25, -0.2) is 4.98 Å². The molecule has 2 N–H and O–H groups in total. The molecule has 6 heteroatoms. The molecular weight excluding hydrogens is 440 g/mol. The predicted octanol–water partition coefficient (Wildman–Crippen LogP) is 5.67. The van der Waals surface area contributed by atoms with E-state index in [9.17, 15) is 10.2 Å². The number of phenols is 2. The summed E-state index contributed by atoms with van der Waals surface area (Å²) in [4.78, 5) is 7.05. The minimum Gasteiger partial charge on any atom is -0.508 e. The van der Waals surface area contributed by atoms with Crippen LogP contribution in [-0.2, 0) is 0 Å². The molecule has 0 bridgehead atoms. The summed E-state index contributed by atoms with van der Waals surface area (Å²) >= 11 is 0. The summed E-state index contributed by atoms with van der Waals surface area (Å²) in [6, 6.07) is 16.5. The van der Waals surface area contributed by atoms with E-state index < -0.39 is 6.10 Å². The van der Waals surface area contributed by atoms with E-state index in [1.807, 2.05) is 31.2 Å². The van der Waals surface area contributed by atoms with E-state index >= 15 is 0 Å². The Kier molecular flexibility index (Phi) is 6.39. The van der Waals surface area contributed by atoms with Crippen LogP contribution in [0.3, 0.4) is 0 Å². The van der Waals surface area contributed by atoms with Crippen molar-refractivity contribution >= 4 is 11.1 Å². The number of phenolic OH excluding ortho intramolecular Hbond substituents is 2. The lowest BCUT2D eigenvalue weighted by atomic mass is 9.86. The van der Waals surface area contributed by atoms with Crippen molar-refractivity contribution in [3.63, 3.8) is 0 Å². The number of hydrogen-bond donors (Lipinski definition) is 2. The second kappa shape index (κ2) is 9.62. The molecule has 3 heterocycles. The molecule has 0 amide bonds. The molecule has 0 radical (unpaired) electrons. The first-order valence-electron chi connectivity index (χ1n) is 12.2. The van der Waals surface area contributed by atoms with Crippen LogP contribution in [0, 0.1) is 5.92 Å². The molecule has 0 saturated carbocycles. The van der Waals surface area contributed by atoms with Crippen molar-refractivity contribution in [3.8, 4) is 23.1 Å². The van der Waals surface area contributed by atoms with Crippen LogP contribution in [-0.4, -0.2) is 45.8 Å². The molecule has 1 aromatic heterocycles. The number of aromatic hydroxyl groups is 2. The zero-order valence-corrected chi connectivity index (χ0v) is 20.4. The van der Waals surface area contributed by atoms with Gasteiger partial charge < -0.3 is 19.7 Å². The minimum atomic E-state index is -0.416. The van der Waals surface area contributed by atoms with Crippen molar-refractivity contribution < 1.29 is 19.7 Å². The third-order valence-electron chi connectivity index (χ3n) is 7.05. The maximum Gasteiger partial charge on any atom is 0.213 e. The van der Waals surface area contributed by atoms with E-state index in [1.54, 1.807) is 36.5 Å². The van der Waals surface area contributed by atoms with Gasteiger partial charge in [-0.05, 0) is 80.3 Å². The van der Waals surface area contributed by atoms with E-state index in [0.29, 0.717) is 24.3 Å². The van der Waals surface area contributed by atoms with Crippen LogP contribution >= 0.6 is 0 Å². The van der Waals surface area contributed by atoms with Crippen molar-refractivity contribution in [2.45, 2.75) is 39.3 Å². The van der Waals surface area contributed by atoms with E-state index in [0.717, 1.165) is 46.8 Å². The topological polar surface area (TPSA) is 75.1 Å². The fourth-order valence-electron chi connectivity index (χ4n) is 5.03. The molecular formula is C29H32N2O4. The number of pyridine rings is 1. The number of rotatable bonds is 6. The molecule has 1 saturated heterocycles. The molecule has 0 spiro atoms. The van der Waals surface area contributed by atoms with Gasteiger partial charge in [-0.1, -0.05) is 19.1 Å². The van der Waals surface area contributed by atoms with Crippen LogP contribution in [0.1, 0.15) is 50.0 Å². The number of ether oxygens (including phenoxy) is 2. The van der Waals surface area contributed by atoms with Gasteiger partial charge in [-0.15, -0.1) is 0 Å². The fourth-order valence-corrected chi connectivity index (χ4v) is 5.03. The quantitative estimate of drug-likeness (QED) is 0.482. The molecule has 182 valence electrons. The Labute approximate surface area is 206 Å². The maximum absolute atomic E-state index is 10.1. The molecule has 3 atom stereocenters. The summed E-state index contributed by atoms with van der Waals surface area (Å²) in [5.41, 5.74) is 4.47. The van der Waals surface area contributed by atoms with Gasteiger partial charge >= 0.3 is 0 Å². The van der Waals surface area contributed by atoms with Crippen molar-refractivity contribution in [1.29, 1.82) is 0 Å². The van der Waals surface area contributed by atoms with Gasteiger partial charge in [0.25, 0.3) is 0 Å². The summed E-state index contributed by atoms with van der Waals surface area (Å²) in [7, 11) is 0. The third-order valence-corrected chi connectivity index (χ3v) is 7.05. The third kappa shape index (κ3) is 4.84. The Morgan fingerprint density at radius 2 is 1.94 bits per heavy atom. The lowest BCUT2D eigenvalue weighted by molar-refractivity contribution is 0.165. The lowest BCUT2D eigenvalue weighted by Crippen LogP contribution is -2.35. The zero-order valence-electron chi connectivity index (χ0n) is 20.4. The molecule has 2 aliphatic rings. The van der Waals surface area contributed by atoms with E-state index in [2.05, 4.69) is 23.7 Å². The fraction of sp³-hybridized carbons (Fsp3) is 0.345. The van der Waals surface area contributed by atoms with E-state index in [-0.39, 0.29) is 11.5 Å². The Bertz CT molecular complexity index is 1240.